The lowest BCUT2D eigenvalue weighted by Crippen LogP contribution is -2.27. The molecule has 0 unspecified atom stereocenters. The number of benzene rings is 2. The summed E-state index contributed by atoms with van der Waals surface area (Å²) in [5.41, 5.74) is 3.87. The van der Waals surface area contributed by atoms with E-state index in [0.717, 1.165) is 31.5 Å². The maximum Gasteiger partial charge on any atom is 0.390 e. The van der Waals surface area contributed by atoms with Crippen molar-refractivity contribution in [2.75, 3.05) is 6.54 Å². The Balaban J connectivity index is 1.71. The molecule has 0 saturated carbocycles. The summed E-state index contributed by atoms with van der Waals surface area (Å²) in [6, 6.07) is 15.1. The third kappa shape index (κ3) is 4.44. The third-order valence-corrected chi connectivity index (χ3v) is 6.75. The number of thiophene rings is 1. The second kappa shape index (κ2) is 8.28. The van der Waals surface area contributed by atoms with Gasteiger partial charge in [-0.25, -0.2) is 4.99 Å². The van der Waals surface area contributed by atoms with E-state index in [1.165, 1.54) is 0 Å². The van der Waals surface area contributed by atoms with Gasteiger partial charge in [0.05, 0.1) is 22.7 Å². The van der Waals surface area contributed by atoms with E-state index in [-0.39, 0.29) is 5.56 Å². The molecule has 0 saturated heterocycles. The van der Waals surface area contributed by atoms with E-state index >= 15 is 0 Å². The summed E-state index contributed by atoms with van der Waals surface area (Å²) in [6.45, 7) is 1.57. The van der Waals surface area contributed by atoms with Crippen LogP contribution in [0.4, 0.5) is 18.9 Å². The van der Waals surface area contributed by atoms with Crippen molar-refractivity contribution >= 4 is 40.4 Å². The lowest BCUT2D eigenvalue weighted by molar-refractivity contribution is -0.132. The molecule has 1 aliphatic rings. The molecule has 1 amide bonds. The smallest absolute Gasteiger partial charge is 0.352 e. The summed E-state index contributed by atoms with van der Waals surface area (Å²) in [4.78, 5) is 20.2. The number of aryl methyl sites for hydroxylation is 1. The quantitative estimate of drug-likeness (QED) is 0.396. The number of carbonyl (C=O) groups is 1. The number of alkyl halides is 3. The molecule has 4 rings (SSSR count). The van der Waals surface area contributed by atoms with Gasteiger partial charge in [0.2, 0.25) is 0 Å². The van der Waals surface area contributed by atoms with Crippen LogP contribution in [0.25, 0.3) is 0 Å². The van der Waals surface area contributed by atoms with Gasteiger partial charge < -0.3 is 5.32 Å². The van der Waals surface area contributed by atoms with Crippen molar-refractivity contribution in [2.45, 2.75) is 29.3 Å². The largest absolute Gasteiger partial charge is 0.390 e. The van der Waals surface area contributed by atoms with Gasteiger partial charge in [-0.05, 0) is 48.2 Å². The van der Waals surface area contributed by atoms with Crippen LogP contribution < -0.4 is 5.32 Å². The SMILES string of the molecule is Cc1ccsc1C1=Nc2cc(C(=O)NCCC(F)(F)F)ccc2Sc2ccccc21. The normalized spacial score (nSPS) is 13.1. The summed E-state index contributed by atoms with van der Waals surface area (Å²) in [5.74, 6) is -0.544. The number of hydrogen-bond donors (Lipinski definition) is 1. The van der Waals surface area contributed by atoms with Gasteiger partial charge in [-0.1, -0.05) is 30.0 Å². The van der Waals surface area contributed by atoms with E-state index < -0.39 is 25.0 Å². The van der Waals surface area contributed by atoms with Crippen molar-refractivity contribution in [3.05, 3.63) is 75.5 Å². The molecule has 2 heterocycles. The fraction of sp³-hybridized carbons (Fsp3) is 0.182. The first-order valence-corrected chi connectivity index (χ1v) is 10.9. The Morgan fingerprint density at radius 2 is 1.90 bits per heavy atom. The molecule has 0 bridgehead atoms. The molecule has 0 aliphatic carbocycles. The molecule has 0 spiro atoms. The van der Waals surface area contributed by atoms with Gasteiger partial charge in [-0.3, -0.25) is 4.79 Å². The van der Waals surface area contributed by atoms with Crippen LogP contribution in [-0.4, -0.2) is 24.3 Å². The molecule has 8 heteroatoms. The van der Waals surface area contributed by atoms with Crippen LogP contribution in [0.1, 0.15) is 32.8 Å². The maximum absolute atomic E-state index is 12.4. The van der Waals surface area contributed by atoms with Crippen LogP contribution in [0.15, 0.2) is 68.7 Å². The van der Waals surface area contributed by atoms with Crippen LogP contribution in [0.3, 0.4) is 0 Å². The maximum atomic E-state index is 12.4. The number of carbonyl (C=O) groups excluding carboxylic acids is 1. The molecular formula is C22H17F3N2OS2. The van der Waals surface area contributed by atoms with Crippen molar-refractivity contribution in [2.24, 2.45) is 4.99 Å². The number of halogens is 3. The minimum atomic E-state index is -4.30. The zero-order valence-corrected chi connectivity index (χ0v) is 17.5. The highest BCUT2D eigenvalue weighted by molar-refractivity contribution is 7.99. The van der Waals surface area contributed by atoms with Crippen LogP contribution in [0, 0.1) is 6.92 Å². The second-order valence-corrected chi connectivity index (χ2v) is 8.79. The average molecular weight is 447 g/mol. The van der Waals surface area contributed by atoms with Gasteiger partial charge in [0.15, 0.2) is 0 Å². The Morgan fingerprint density at radius 1 is 1.10 bits per heavy atom. The standard InChI is InChI=1S/C22H17F3N2OS2/c1-13-8-11-29-20(13)19-15-4-2-3-5-17(15)30-18-7-6-14(12-16(18)27-19)21(28)26-10-9-22(23,24)25/h2-8,11-12H,9-10H2,1H3,(H,26,28). The highest BCUT2D eigenvalue weighted by atomic mass is 32.2. The summed E-state index contributed by atoms with van der Waals surface area (Å²) in [5, 5.41) is 4.34. The number of aliphatic imine (C=N–C) groups is 1. The number of nitrogens with one attached hydrogen (secondary N) is 1. The molecule has 0 fully saturated rings. The molecule has 2 aromatic carbocycles. The Bertz CT molecular complexity index is 1140. The summed E-state index contributed by atoms with van der Waals surface area (Å²) >= 11 is 3.16. The number of nitrogens with zero attached hydrogens (tertiary/aromatic N) is 1. The highest BCUT2D eigenvalue weighted by Gasteiger charge is 2.27. The second-order valence-electron chi connectivity index (χ2n) is 6.79. The van der Waals surface area contributed by atoms with E-state index in [1.807, 2.05) is 42.6 Å². The first-order chi connectivity index (χ1) is 14.3. The summed E-state index contributed by atoms with van der Waals surface area (Å²) < 4.78 is 37.0. The van der Waals surface area contributed by atoms with Gasteiger partial charge in [-0.15, -0.1) is 11.3 Å². The van der Waals surface area contributed by atoms with Crippen LogP contribution in [-0.2, 0) is 0 Å². The molecule has 0 radical (unpaired) electrons. The van der Waals surface area contributed by atoms with E-state index in [4.69, 9.17) is 4.99 Å². The number of hydrogen-bond acceptors (Lipinski definition) is 4. The van der Waals surface area contributed by atoms with Gasteiger partial charge >= 0.3 is 6.18 Å². The first-order valence-electron chi connectivity index (χ1n) is 9.21. The van der Waals surface area contributed by atoms with Crippen LogP contribution in [0.5, 0.6) is 0 Å². The van der Waals surface area contributed by atoms with Crippen LogP contribution >= 0.6 is 23.1 Å². The van der Waals surface area contributed by atoms with Crippen molar-refractivity contribution in [1.29, 1.82) is 0 Å². The number of rotatable bonds is 4. The summed E-state index contributed by atoms with van der Waals surface area (Å²) in [7, 11) is 0. The molecule has 3 nitrogen and oxygen atoms in total. The van der Waals surface area contributed by atoms with Crippen molar-refractivity contribution < 1.29 is 18.0 Å². The first kappa shape index (κ1) is 20.7. The Kier molecular flexibility index (Phi) is 5.71. The minimum absolute atomic E-state index is 0.286. The average Bonchev–Trinajstić information content (AvgIpc) is 3.04. The van der Waals surface area contributed by atoms with Gasteiger partial charge in [0.25, 0.3) is 5.91 Å². The Morgan fingerprint density at radius 3 is 2.63 bits per heavy atom. The molecule has 1 aromatic heterocycles. The fourth-order valence-corrected chi connectivity index (χ4v) is 5.02. The lowest BCUT2D eigenvalue weighted by atomic mass is 10.1. The van der Waals surface area contributed by atoms with Gasteiger partial charge in [0, 0.05) is 27.5 Å². The minimum Gasteiger partial charge on any atom is -0.352 e. The summed E-state index contributed by atoms with van der Waals surface area (Å²) in [6.07, 6.45) is -5.37. The topological polar surface area (TPSA) is 41.5 Å². The van der Waals surface area contributed by atoms with E-state index in [1.54, 1.807) is 41.3 Å². The van der Waals surface area contributed by atoms with Crippen LogP contribution in [0.2, 0.25) is 0 Å². The molecule has 1 aliphatic heterocycles. The van der Waals surface area contributed by atoms with E-state index in [2.05, 4.69) is 5.32 Å². The van der Waals surface area contributed by atoms with Gasteiger partial charge in [-0.2, -0.15) is 13.2 Å². The van der Waals surface area contributed by atoms with E-state index in [0.29, 0.717) is 5.69 Å². The highest BCUT2D eigenvalue weighted by Crippen LogP contribution is 2.42. The Labute approximate surface area is 180 Å². The molecular weight excluding hydrogens is 429 g/mol. The molecule has 154 valence electrons. The van der Waals surface area contributed by atoms with Crippen molar-refractivity contribution in [3.63, 3.8) is 0 Å². The molecule has 3 aromatic rings. The molecule has 30 heavy (non-hydrogen) atoms. The van der Waals surface area contributed by atoms with E-state index in [9.17, 15) is 18.0 Å². The van der Waals surface area contributed by atoms with Gasteiger partial charge in [0.1, 0.15) is 0 Å². The Hall–Kier alpha value is -2.58. The monoisotopic (exact) mass is 446 g/mol. The predicted molar refractivity (Wildman–Crippen MR) is 114 cm³/mol. The number of amides is 1. The zero-order chi connectivity index (χ0) is 21.3. The van der Waals surface area contributed by atoms with Crippen molar-refractivity contribution in [1.82, 2.24) is 5.32 Å². The number of fused-ring (bicyclic) bond motifs is 2. The lowest BCUT2D eigenvalue weighted by Gasteiger charge is -2.09. The molecule has 1 N–H and O–H groups in total. The predicted octanol–water partition coefficient (Wildman–Crippen LogP) is 6.37. The molecule has 0 atom stereocenters. The zero-order valence-electron chi connectivity index (χ0n) is 15.9. The third-order valence-electron chi connectivity index (χ3n) is 4.59. The van der Waals surface area contributed by atoms with Crippen molar-refractivity contribution in [3.8, 4) is 0 Å². The fourth-order valence-electron chi connectivity index (χ4n) is 3.09.